The van der Waals surface area contributed by atoms with Crippen LogP contribution in [-0.2, 0) is 19.3 Å². The van der Waals surface area contributed by atoms with Crippen molar-refractivity contribution < 1.29 is 20.1 Å². The number of carbonyl (C=O) groups is 1. The molecule has 0 fully saturated rings. The number of aryl methyl sites for hydroxylation is 2. The number of phenols is 2. The lowest BCUT2D eigenvalue weighted by Gasteiger charge is -2.14. The predicted octanol–water partition coefficient (Wildman–Crippen LogP) is 6.60. The molecule has 0 aliphatic carbocycles. The average Bonchev–Trinajstić information content (AvgIpc) is 2.73. The maximum absolute atomic E-state index is 11.8. The average molecular weight is 423 g/mol. The van der Waals surface area contributed by atoms with Crippen molar-refractivity contribution in [3.05, 3.63) is 82.0 Å². The number of phenolic OH excluding ortho intramolecular Hbond substituents is 2. The quantitative estimate of drug-likeness (QED) is 0.217. The van der Waals surface area contributed by atoms with E-state index >= 15 is 0 Å². The molecule has 31 heavy (non-hydrogen) atoms. The molecule has 0 atom stereocenters. The molecule has 3 N–H and O–H groups in total. The second-order valence-corrected chi connectivity index (χ2v) is 8.33. The van der Waals surface area contributed by atoms with Crippen molar-refractivity contribution in [2.75, 3.05) is 0 Å². The van der Waals surface area contributed by atoms with Crippen LogP contribution in [0.3, 0.4) is 0 Å². The van der Waals surface area contributed by atoms with Crippen LogP contribution in [0.2, 0.25) is 0 Å². The molecule has 0 radical (unpaired) electrons. The van der Waals surface area contributed by atoms with Gasteiger partial charge in [-0.15, -0.1) is 0 Å². The van der Waals surface area contributed by atoms with Crippen molar-refractivity contribution in [1.82, 2.24) is 0 Å². The van der Waals surface area contributed by atoms with Gasteiger partial charge in [-0.1, -0.05) is 53.6 Å². The summed E-state index contributed by atoms with van der Waals surface area (Å²) < 4.78 is 0. The van der Waals surface area contributed by atoms with E-state index in [1.807, 2.05) is 31.2 Å². The number of aromatic carboxylic acids is 1. The molecule has 0 heterocycles. The van der Waals surface area contributed by atoms with Crippen LogP contribution in [-0.4, -0.2) is 21.3 Å². The highest BCUT2D eigenvalue weighted by atomic mass is 16.4. The number of rotatable bonds is 11. The Morgan fingerprint density at radius 3 is 2.26 bits per heavy atom. The minimum atomic E-state index is -1.09. The van der Waals surface area contributed by atoms with Gasteiger partial charge in [-0.2, -0.15) is 0 Å². The number of allylic oxidation sites excluding steroid dienone is 4. The van der Waals surface area contributed by atoms with Gasteiger partial charge in [-0.3, -0.25) is 0 Å². The molecular formula is C27H34O4. The largest absolute Gasteiger partial charge is 0.504 e. The van der Waals surface area contributed by atoms with Crippen molar-refractivity contribution in [3.8, 4) is 11.5 Å². The topological polar surface area (TPSA) is 77.8 Å². The predicted molar refractivity (Wildman–Crippen MR) is 126 cm³/mol. The molecule has 0 bridgehead atoms. The summed E-state index contributed by atoms with van der Waals surface area (Å²) in [6.07, 6.45) is 9.32. The zero-order chi connectivity index (χ0) is 22.8. The van der Waals surface area contributed by atoms with E-state index in [1.165, 1.54) is 17.2 Å². The van der Waals surface area contributed by atoms with E-state index in [1.54, 1.807) is 0 Å². The Hall–Kier alpha value is -3.01. The fourth-order valence-corrected chi connectivity index (χ4v) is 3.60. The van der Waals surface area contributed by atoms with E-state index in [-0.39, 0.29) is 29.0 Å². The standard InChI is InChI=1S/C27H34O4/c1-19(2)10-9-11-20(3)16-17-23-24(27(30)31)18-22(25(28)26(23)29)15-8-7-14-21-12-5-4-6-13-21/h4-6,10,12-13,16,18,28-29H,7-9,11,14-15,17H2,1-3H3,(H,30,31)/b20-16+. The third-order valence-electron chi connectivity index (χ3n) is 5.44. The van der Waals surface area contributed by atoms with Gasteiger partial charge in [0.05, 0.1) is 5.56 Å². The van der Waals surface area contributed by atoms with Gasteiger partial charge in [-0.25, -0.2) is 4.79 Å². The molecule has 2 aromatic rings. The van der Waals surface area contributed by atoms with E-state index < -0.39 is 5.97 Å². The smallest absolute Gasteiger partial charge is 0.336 e. The first-order valence-electron chi connectivity index (χ1n) is 10.9. The molecular weight excluding hydrogens is 388 g/mol. The molecule has 4 nitrogen and oxygen atoms in total. The van der Waals surface area contributed by atoms with Crippen molar-refractivity contribution in [1.29, 1.82) is 0 Å². The van der Waals surface area contributed by atoms with Crippen LogP contribution in [0.1, 0.15) is 73.5 Å². The lowest BCUT2D eigenvalue weighted by molar-refractivity contribution is 0.0695. The van der Waals surface area contributed by atoms with E-state index in [4.69, 9.17) is 0 Å². The molecule has 0 aliphatic heterocycles. The van der Waals surface area contributed by atoms with Crippen LogP contribution in [0.4, 0.5) is 0 Å². The Labute approximate surface area is 185 Å². The molecule has 0 saturated carbocycles. The van der Waals surface area contributed by atoms with Crippen molar-refractivity contribution in [3.63, 3.8) is 0 Å². The van der Waals surface area contributed by atoms with Crippen molar-refractivity contribution in [2.45, 2.75) is 65.7 Å². The maximum atomic E-state index is 11.8. The summed E-state index contributed by atoms with van der Waals surface area (Å²) in [5.74, 6) is -1.60. The molecule has 0 saturated heterocycles. The first-order valence-corrected chi connectivity index (χ1v) is 10.9. The monoisotopic (exact) mass is 422 g/mol. The zero-order valence-electron chi connectivity index (χ0n) is 18.8. The zero-order valence-corrected chi connectivity index (χ0v) is 18.8. The van der Waals surface area contributed by atoms with E-state index in [0.717, 1.165) is 37.7 Å². The van der Waals surface area contributed by atoms with Crippen LogP contribution in [0.25, 0.3) is 0 Å². The minimum absolute atomic E-state index is 0.0571. The SMILES string of the molecule is CC(C)=CCC/C(C)=C/Cc1c(C(=O)O)cc(CCCCc2ccccc2)c(O)c1O. The number of benzene rings is 2. The molecule has 2 rings (SSSR count). The summed E-state index contributed by atoms with van der Waals surface area (Å²) in [7, 11) is 0. The lowest BCUT2D eigenvalue weighted by atomic mass is 9.94. The number of aromatic hydroxyl groups is 2. The highest BCUT2D eigenvalue weighted by molar-refractivity contribution is 5.91. The van der Waals surface area contributed by atoms with E-state index in [0.29, 0.717) is 12.0 Å². The summed E-state index contributed by atoms with van der Waals surface area (Å²) >= 11 is 0. The molecule has 4 heteroatoms. The highest BCUT2D eigenvalue weighted by Crippen LogP contribution is 2.37. The third kappa shape index (κ3) is 7.63. The van der Waals surface area contributed by atoms with Gasteiger partial charge in [0.2, 0.25) is 0 Å². The van der Waals surface area contributed by atoms with Gasteiger partial charge in [0, 0.05) is 5.56 Å². The van der Waals surface area contributed by atoms with Crippen LogP contribution in [0.5, 0.6) is 11.5 Å². The number of carboxylic acids is 1. The normalized spacial score (nSPS) is 11.4. The summed E-state index contributed by atoms with van der Waals surface area (Å²) in [6.45, 7) is 6.11. The molecule has 0 spiro atoms. The Balaban J connectivity index is 2.09. The van der Waals surface area contributed by atoms with Crippen LogP contribution in [0.15, 0.2) is 59.7 Å². The van der Waals surface area contributed by atoms with Crippen molar-refractivity contribution in [2.24, 2.45) is 0 Å². The van der Waals surface area contributed by atoms with Crippen LogP contribution < -0.4 is 0 Å². The van der Waals surface area contributed by atoms with Gasteiger partial charge in [0.1, 0.15) is 0 Å². The Kier molecular flexibility index (Phi) is 9.39. The summed E-state index contributed by atoms with van der Waals surface area (Å²) in [6, 6.07) is 11.7. The van der Waals surface area contributed by atoms with Gasteiger partial charge in [0.25, 0.3) is 0 Å². The molecule has 0 unspecified atom stereocenters. The van der Waals surface area contributed by atoms with Crippen LogP contribution >= 0.6 is 0 Å². The molecule has 166 valence electrons. The maximum Gasteiger partial charge on any atom is 0.336 e. The summed E-state index contributed by atoms with van der Waals surface area (Å²) in [5, 5.41) is 30.7. The van der Waals surface area contributed by atoms with Gasteiger partial charge in [-0.05, 0) is 82.9 Å². The molecule has 0 aliphatic rings. The fraction of sp³-hybridized carbons (Fsp3) is 0.370. The van der Waals surface area contributed by atoms with Gasteiger partial charge < -0.3 is 15.3 Å². The Morgan fingerprint density at radius 2 is 1.61 bits per heavy atom. The molecule has 0 aromatic heterocycles. The fourth-order valence-electron chi connectivity index (χ4n) is 3.60. The summed E-state index contributed by atoms with van der Waals surface area (Å²) in [5.41, 5.74) is 4.45. The number of hydrogen-bond acceptors (Lipinski definition) is 3. The third-order valence-corrected chi connectivity index (χ3v) is 5.44. The number of hydrogen-bond donors (Lipinski definition) is 3. The molecule has 0 amide bonds. The van der Waals surface area contributed by atoms with E-state index in [9.17, 15) is 20.1 Å². The van der Waals surface area contributed by atoms with Gasteiger partial charge in [0.15, 0.2) is 11.5 Å². The lowest BCUT2D eigenvalue weighted by Crippen LogP contribution is -2.05. The summed E-state index contributed by atoms with van der Waals surface area (Å²) in [4.78, 5) is 11.8. The van der Waals surface area contributed by atoms with Crippen molar-refractivity contribution >= 4 is 5.97 Å². The van der Waals surface area contributed by atoms with E-state index in [2.05, 4.69) is 32.1 Å². The number of unbranched alkanes of at least 4 members (excludes halogenated alkanes) is 1. The second-order valence-electron chi connectivity index (χ2n) is 8.33. The molecule has 2 aromatic carbocycles. The first-order chi connectivity index (χ1) is 14.8. The number of carboxylic acid groups (broad SMARTS) is 1. The van der Waals surface area contributed by atoms with Crippen LogP contribution in [0, 0.1) is 0 Å². The minimum Gasteiger partial charge on any atom is -0.504 e. The first kappa shape index (κ1) is 24.3. The highest BCUT2D eigenvalue weighted by Gasteiger charge is 2.20. The van der Waals surface area contributed by atoms with Gasteiger partial charge >= 0.3 is 5.97 Å². The Morgan fingerprint density at radius 1 is 0.935 bits per heavy atom. The second kappa shape index (κ2) is 12.0. The Bertz CT molecular complexity index is 935.